The Morgan fingerprint density at radius 2 is 1.84 bits per heavy atom. The van der Waals surface area contributed by atoms with Crippen LogP contribution in [0.3, 0.4) is 0 Å². The Morgan fingerprint density at radius 1 is 1.21 bits per heavy atom. The number of benzene rings is 2. The van der Waals surface area contributed by atoms with Crippen molar-refractivity contribution in [2.75, 3.05) is 11.9 Å². The second kappa shape index (κ2) is 5.28. The minimum absolute atomic E-state index is 0.0654. The molecular formula is C14H13ClN2O2. The van der Waals surface area contributed by atoms with E-state index in [1.165, 1.54) is 6.07 Å². The normalized spacial score (nSPS) is 10.3. The summed E-state index contributed by atoms with van der Waals surface area (Å²) in [5, 5.41) is 11.0. The molecule has 0 aliphatic heterocycles. The summed E-state index contributed by atoms with van der Waals surface area (Å²) in [4.78, 5) is 12.3. The fraction of sp³-hybridized carbons (Fsp3) is 0.143. The monoisotopic (exact) mass is 276 g/mol. The number of nitro benzene ring substituents is 1. The highest BCUT2D eigenvalue weighted by molar-refractivity contribution is 6.33. The van der Waals surface area contributed by atoms with Crippen LogP contribution < -0.4 is 4.90 Å². The van der Waals surface area contributed by atoms with Gasteiger partial charge in [0.05, 0.1) is 4.92 Å². The number of nitrogens with zero attached hydrogens (tertiary/aromatic N) is 2. The van der Waals surface area contributed by atoms with Crippen LogP contribution in [0.2, 0.25) is 5.02 Å². The van der Waals surface area contributed by atoms with Gasteiger partial charge in [-0.05, 0) is 30.7 Å². The first kappa shape index (κ1) is 13.4. The van der Waals surface area contributed by atoms with Crippen molar-refractivity contribution in [2.45, 2.75) is 6.92 Å². The van der Waals surface area contributed by atoms with E-state index in [9.17, 15) is 10.1 Å². The average molecular weight is 277 g/mol. The molecule has 0 heterocycles. The topological polar surface area (TPSA) is 46.4 Å². The maximum Gasteiger partial charge on any atom is 0.288 e. The van der Waals surface area contributed by atoms with Crippen LogP contribution >= 0.6 is 11.6 Å². The van der Waals surface area contributed by atoms with Crippen LogP contribution in [-0.2, 0) is 0 Å². The number of rotatable bonds is 3. The lowest BCUT2D eigenvalue weighted by molar-refractivity contribution is -0.384. The third-order valence-electron chi connectivity index (χ3n) is 2.97. The highest BCUT2D eigenvalue weighted by Gasteiger charge is 2.17. The molecule has 2 rings (SSSR count). The molecule has 0 unspecified atom stereocenters. The molecule has 0 saturated carbocycles. The average Bonchev–Trinajstić information content (AvgIpc) is 2.41. The maximum absolute atomic E-state index is 10.8. The van der Waals surface area contributed by atoms with Gasteiger partial charge in [-0.1, -0.05) is 29.8 Å². The van der Waals surface area contributed by atoms with Crippen LogP contribution in [0.25, 0.3) is 0 Å². The largest absolute Gasteiger partial charge is 0.344 e. The van der Waals surface area contributed by atoms with E-state index in [2.05, 4.69) is 0 Å². The molecule has 0 aliphatic rings. The van der Waals surface area contributed by atoms with Crippen molar-refractivity contribution in [1.82, 2.24) is 0 Å². The molecular weight excluding hydrogens is 264 g/mol. The van der Waals surface area contributed by atoms with Crippen molar-refractivity contribution >= 4 is 28.7 Å². The summed E-state index contributed by atoms with van der Waals surface area (Å²) >= 11 is 5.96. The van der Waals surface area contributed by atoms with Crippen LogP contribution in [-0.4, -0.2) is 12.0 Å². The van der Waals surface area contributed by atoms with Crippen LogP contribution in [0.15, 0.2) is 42.5 Å². The number of aryl methyl sites for hydroxylation is 1. The quantitative estimate of drug-likeness (QED) is 0.619. The molecule has 0 aromatic heterocycles. The van der Waals surface area contributed by atoms with Gasteiger partial charge in [0.15, 0.2) is 0 Å². The van der Waals surface area contributed by atoms with Gasteiger partial charge >= 0.3 is 0 Å². The number of anilines is 2. The van der Waals surface area contributed by atoms with E-state index < -0.39 is 4.92 Å². The molecule has 0 radical (unpaired) electrons. The van der Waals surface area contributed by atoms with Gasteiger partial charge in [0, 0.05) is 24.5 Å². The molecule has 0 saturated heterocycles. The summed E-state index contributed by atoms with van der Waals surface area (Å²) in [6, 6.07) is 12.9. The van der Waals surface area contributed by atoms with E-state index in [4.69, 9.17) is 11.6 Å². The Kier molecular flexibility index (Phi) is 3.71. The van der Waals surface area contributed by atoms with Crippen molar-refractivity contribution in [3.63, 3.8) is 0 Å². The van der Waals surface area contributed by atoms with Crippen molar-refractivity contribution < 1.29 is 4.92 Å². The summed E-state index contributed by atoms with van der Waals surface area (Å²) < 4.78 is 0. The summed E-state index contributed by atoms with van der Waals surface area (Å²) in [5.41, 5.74) is 2.59. The van der Waals surface area contributed by atoms with Gasteiger partial charge in [-0.3, -0.25) is 10.1 Å². The lowest BCUT2D eigenvalue weighted by Crippen LogP contribution is -2.11. The summed E-state index contributed by atoms with van der Waals surface area (Å²) in [7, 11) is 1.90. The van der Waals surface area contributed by atoms with Gasteiger partial charge in [0.2, 0.25) is 0 Å². The molecule has 0 spiro atoms. The van der Waals surface area contributed by atoms with Crippen molar-refractivity contribution in [1.29, 1.82) is 0 Å². The van der Waals surface area contributed by atoms with E-state index in [1.807, 2.05) is 49.2 Å². The Bertz CT molecular complexity index is 614. The first-order valence-electron chi connectivity index (χ1n) is 5.74. The number of para-hydroxylation sites is 1. The number of nitro groups is 1. The van der Waals surface area contributed by atoms with Gasteiger partial charge in [-0.15, -0.1) is 0 Å². The van der Waals surface area contributed by atoms with Crippen LogP contribution in [0.1, 0.15) is 5.56 Å². The molecule has 2 aromatic carbocycles. The third-order valence-corrected chi connectivity index (χ3v) is 3.27. The van der Waals surface area contributed by atoms with E-state index in [1.54, 1.807) is 6.07 Å². The first-order chi connectivity index (χ1) is 9.00. The Hall–Kier alpha value is -2.07. The second-order valence-corrected chi connectivity index (χ2v) is 4.65. The number of halogens is 1. The van der Waals surface area contributed by atoms with Crippen molar-refractivity contribution in [2.24, 2.45) is 0 Å². The van der Waals surface area contributed by atoms with Gasteiger partial charge in [0.1, 0.15) is 5.02 Å². The Labute approximate surface area is 116 Å². The smallest absolute Gasteiger partial charge is 0.288 e. The predicted octanol–water partition coefficient (Wildman–Crippen LogP) is 4.32. The fourth-order valence-electron chi connectivity index (χ4n) is 1.95. The zero-order valence-corrected chi connectivity index (χ0v) is 11.4. The molecule has 0 atom stereocenters. The minimum Gasteiger partial charge on any atom is -0.344 e. The summed E-state index contributed by atoms with van der Waals surface area (Å²) in [6.07, 6.45) is 0. The van der Waals surface area contributed by atoms with Crippen LogP contribution in [0, 0.1) is 17.0 Å². The minimum atomic E-state index is -0.471. The third kappa shape index (κ3) is 2.69. The molecule has 0 aliphatic carbocycles. The molecule has 0 fully saturated rings. The molecule has 19 heavy (non-hydrogen) atoms. The molecule has 98 valence electrons. The van der Waals surface area contributed by atoms with E-state index >= 15 is 0 Å². The number of hydrogen-bond acceptors (Lipinski definition) is 3. The molecule has 5 heteroatoms. The number of hydrogen-bond donors (Lipinski definition) is 0. The van der Waals surface area contributed by atoms with Crippen molar-refractivity contribution in [3.8, 4) is 0 Å². The lowest BCUT2D eigenvalue weighted by atomic mass is 10.1. The zero-order chi connectivity index (χ0) is 14.0. The molecule has 0 bridgehead atoms. The zero-order valence-electron chi connectivity index (χ0n) is 10.6. The summed E-state index contributed by atoms with van der Waals surface area (Å²) in [6.45, 7) is 1.83. The SMILES string of the molecule is Cc1cc([N+](=O)[O-])c(Cl)cc1N(C)c1ccccc1. The van der Waals surface area contributed by atoms with Crippen molar-refractivity contribution in [3.05, 3.63) is 63.2 Å². The van der Waals surface area contributed by atoms with Gasteiger partial charge in [-0.25, -0.2) is 0 Å². The van der Waals surface area contributed by atoms with Crippen LogP contribution in [0.4, 0.5) is 17.1 Å². The fourth-order valence-corrected chi connectivity index (χ4v) is 2.17. The standard InChI is InChI=1S/C14H13ClN2O2/c1-10-8-14(17(18)19)12(15)9-13(10)16(2)11-6-4-3-5-7-11/h3-9H,1-2H3. The first-order valence-corrected chi connectivity index (χ1v) is 6.12. The molecule has 2 aromatic rings. The van der Waals surface area contributed by atoms with Crippen LogP contribution in [0.5, 0.6) is 0 Å². The lowest BCUT2D eigenvalue weighted by Gasteiger charge is -2.21. The van der Waals surface area contributed by atoms with E-state index in [-0.39, 0.29) is 10.7 Å². The molecule has 4 nitrogen and oxygen atoms in total. The summed E-state index contributed by atoms with van der Waals surface area (Å²) in [5.74, 6) is 0. The van der Waals surface area contributed by atoms with Gasteiger partial charge < -0.3 is 4.90 Å². The van der Waals surface area contributed by atoms with E-state index in [0.717, 1.165) is 16.9 Å². The second-order valence-electron chi connectivity index (χ2n) is 4.24. The highest BCUT2D eigenvalue weighted by atomic mass is 35.5. The predicted molar refractivity (Wildman–Crippen MR) is 77.3 cm³/mol. The van der Waals surface area contributed by atoms with Gasteiger partial charge in [0.25, 0.3) is 5.69 Å². The maximum atomic E-state index is 10.8. The van der Waals surface area contributed by atoms with E-state index in [0.29, 0.717) is 0 Å². The Morgan fingerprint density at radius 3 is 2.42 bits per heavy atom. The molecule has 0 amide bonds. The molecule has 0 N–H and O–H groups in total. The highest BCUT2D eigenvalue weighted by Crippen LogP contribution is 2.34. The van der Waals surface area contributed by atoms with Gasteiger partial charge in [-0.2, -0.15) is 0 Å². The Balaban J connectivity index is 2.47.